The maximum Gasteiger partial charge on any atom is 1.00 e. The quantitative estimate of drug-likeness (QED) is 0.277. The minimum atomic E-state index is -1.42. The Labute approximate surface area is 174 Å². The van der Waals surface area contributed by atoms with Gasteiger partial charge in [0.05, 0.1) is 15.9 Å². The zero-order valence-corrected chi connectivity index (χ0v) is 17.5. The molecule has 1 amide bonds. The summed E-state index contributed by atoms with van der Waals surface area (Å²) in [5, 5.41) is 21.1. The topological polar surface area (TPSA) is 101 Å². The Hall–Kier alpha value is 0.590. The van der Waals surface area contributed by atoms with Crippen LogP contribution in [0.3, 0.4) is 0 Å². The van der Waals surface area contributed by atoms with Crippen LogP contribution in [0.15, 0.2) is 21.6 Å². The standard InChI is InChI=1S/C11H11NO5S2.2Na/c1-2-5-8(15)12-7(10(16)17)11(19-9(5)12)18-4-3-6(13)14;;/h2,9H,3-4H2,1H3,(H,13,14)(H,16,17);;/q;2*+1/p-2. The molecule has 0 aromatic heterocycles. The van der Waals surface area contributed by atoms with E-state index in [1.165, 1.54) is 16.7 Å². The van der Waals surface area contributed by atoms with Crippen LogP contribution in [0, 0.1) is 0 Å². The van der Waals surface area contributed by atoms with Gasteiger partial charge in [-0.3, -0.25) is 9.69 Å². The largest absolute Gasteiger partial charge is 1.00 e. The third kappa shape index (κ3) is 4.32. The van der Waals surface area contributed by atoms with Crippen molar-refractivity contribution in [1.29, 1.82) is 0 Å². The Bertz CT molecular complexity index is 535. The number of β-lactam (4-membered cyclic amide) rings is 1. The SMILES string of the molecule is CC=C1C(=O)N2C(C(=O)[O-])=C(SCCC(=O)[O-])SC12.[Na+].[Na+]. The van der Waals surface area contributed by atoms with Crippen LogP contribution in [0.2, 0.25) is 0 Å². The fourth-order valence-electron chi connectivity index (χ4n) is 1.79. The fraction of sp³-hybridized carbons (Fsp3) is 0.364. The molecule has 1 atom stereocenters. The molecule has 0 N–H and O–H groups in total. The van der Waals surface area contributed by atoms with Crippen molar-refractivity contribution in [2.45, 2.75) is 18.7 Å². The number of carboxylic acids is 2. The van der Waals surface area contributed by atoms with Crippen molar-refractivity contribution in [2.24, 2.45) is 0 Å². The summed E-state index contributed by atoms with van der Waals surface area (Å²) in [4.78, 5) is 34.3. The summed E-state index contributed by atoms with van der Waals surface area (Å²) in [6.07, 6.45) is 1.47. The van der Waals surface area contributed by atoms with E-state index in [4.69, 9.17) is 0 Å². The second-order valence-corrected chi connectivity index (χ2v) is 6.24. The first-order chi connectivity index (χ1) is 8.97. The van der Waals surface area contributed by atoms with Gasteiger partial charge in [-0.25, -0.2) is 0 Å². The Morgan fingerprint density at radius 3 is 2.48 bits per heavy atom. The smallest absolute Gasteiger partial charge is 0.550 e. The molecule has 10 heteroatoms. The molecule has 0 radical (unpaired) electrons. The molecule has 21 heavy (non-hydrogen) atoms. The molecular weight excluding hydrogens is 336 g/mol. The van der Waals surface area contributed by atoms with E-state index in [1.807, 2.05) is 0 Å². The number of amides is 1. The van der Waals surface area contributed by atoms with E-state index in [2.05, 4.69) is 0 Å². The molecule has 6 nitrogen and oxygen atoms in total. The Balaban J connectivity index is 0.00000200. The van der Waals surface area contributed by atoms with Crippen molar-refractivity contribution in [3.05, 3.63) is 21.6 Å². The normalized spacial score (nSPS) is 21.4. The van der Waals surface area contributed by atoms with E-state index in [9.17, 15) is 24.6 Å². The number of allylic oxidation sites excluding steroid dienone is 1. The number of nitrogens with zero attached hydrogens (tertiary/aromatic N) is 1. The zero-order valence-electron chi connectivity index (χ0n) is 11.9. The fourth-order valence-corrected chi connectivity index (χ4v) is 4.53. The van der Waals surface area contributed by atoms with E-state index >= 15 is 0 Å². The number of hydrogen-bond donors (Lipinski definition) is 0. The second-order valence-electron chi connectivity index (χ2n) is 3.78. The number of carbonyl (C=O) groups is 3. The van der Waals surface area contributed by atoms with E-state index in [0.717, 1.165) is 11.8 Å². The summed E-state index contributed by atoms with van der Waals surface area (Å²) < 4.78 is 0.413. The molecule has 1 fully saturated rings. The molecular formula is C11H9NNa2O5S2. The van der Waals surface area contributed by atoms with E-state index in [1.54, 1.807) is 13.0 Å². The summed E-state index contributed by atoms with van der Waals surface area (Å²) in [6.45, 7) is 1.71. The van der Waals surface area contributed by atoms with E-state index < -0.39 is 11.9 Å². The molecule has 2 heterocycles. The molecule has 0 saturated carbocycles. The molecule has 0 spiro atoms. The van der Waals surface area contributed by atoms with Crippen LogP contribution in [0.5, 0.6) is 0 Å². The van der Waals surface area contributed by atoms with Gasteiger partial charge >= 0.3 is 59.1 Å². The van der Waals surface area contributed by atoms with Gasteiger partial charge in [0.1, 0.15) is 5.37 Å². The van der Waals surface area contributed by atoms with Crippen LogP contribution >= 0.6 is 23.5 Å². The Morgan fingerprint density at radius 1 is 1.38 bits per heavy atom. The minimum absolute atomic E-state index is 0. The molecule has 1 unspecified atom stereocenters. The number of hydrogen-bond acceptors (Lipinski definition) is 7. The predicted octanol–water partition coefficient (Wildman–Crippen LogP) is -7.35. The average Bonchev–Trinajstić information content (AvgIpc) is 2.65. The van der Waals surface area contributed by atoms with Gasteiger partial charge < -0.3 is 19.8 Å². The minimum Gasteiger partial charge on any atom is -0.550 e. The first-order valence-corrected chi connectivity index (χ1v) is 7.28. The van der Waals surface area contributed by atoms with Gasteiger partial charge in [-0.05, 0) is 13.3 Å². The van der Waals surface area contributed by atoms with Gasteiger partial charge in [0, 0.05) is 17.3 Å². The number of thioether (sulfide) groups is 2. The van der Waals surface area contributed by atoms with Gasteiger partial charge in [-0.2, -0.15) is 0 Å². The van der Waals surface area contributed by atoms with Gasteiger partial charge in [-0.15, -0.1) is 11.8 Å². The first-order valence-electron chi connectivity index (χ1n) is 5.42. The van der Waals surface area contributed by atoms with Gasteiger partial charge in [0.25, 0.3) is 5.91 Å². The van der Waals surface area contributed by atoms with Crippen LogP contribution in [0.25, 0.3) is 0 Å². The van der Waals surface area contributed by atoms with Crippen molar-refractivity contribution < 1.29 is 83.7 Å². The Morgan fingerprint density at radius 2 is 2.00 bits per heavy atom. The first kappa shape index (κ1) is 21.6. The Kier molecular flexibility index (Phi) is 9.28. The molecule has 1 saturated heterocycles. The van der Waals surface area contributed by atoms with Gasteiger partial charge in [0.15, 0.2) is 0 Å². The maximum absolute atomic E-state index is 11.7. The predicted molar refractivity (Wildman–Crippen MR) is 66.1 cm³/mol. The summed E-state index contributed by atoms with van der Waals surface area (Å²) in [5.74, 6) is -2.76. The molecule has 0 bridgehead atoms. The van der Waals surface area contributed by atoms with E-state index in [0.29, 0.717) is 9.81 Å². The van der Waals surface area contributed by atoms with Crippen molar-refractivity contribution in [3.63, 3.8) is 0 Å². The van der Waals surface area contributed by atoms with Crippen molar-refractivity contribution in [1.82, 2.24) is 4.90 Å². The number of carbonyl (C=O) groups excluding carboxylic acids is 3. The van der Waals surface area contributed by atoms with Crippen molar-refractivity contribution >= 4 is 41.4 Å². The van der Waals surface area contributed by atoms with Crippen molar-refractivity contribution in [2.75, 3.05) is 5.75 Å². The van der Waals surface area contributed by atoms with Crippen molar-refractivity contribution in [3.8, 4) is 0 Å². The zero-order chi connectivity index (χ0) is 14.2. The molecule has 0 aliphatic carbocycles. The van der Waals surface area contributed by atoms with Crippen LogP contribution in [-0.2, 0) is 14.4 Å². The molecule has 0 aromatic rings. The summed E-state index contributed by atoms with van der Waals surface area (Å²) in [6, 6.07) is 0. The number of fused-ring (bicyclic) bond motifs is 1. The van der Waals surface area contributed by atoms with Crippen LogP contribution in [0.4, 0.5) is 0 Å². The molecule has 2 rings (SSSR count). The molecule has 2 aliphatic heterocycles. The second kappa shape index (κ2) is 9.02. The van der Waals surface area contributed by atoms with Crippen LogP contribution in [0.1, 0.15) is 13.3 Å². The number of carboxylic acid groups (broad SMARTS) is 2. The van der Waals surface area contributed by atoms with Crippen LogP contribution < -0.4 is 69.3 Å². The van der Waals surface area contributed by atoms with Gasteiger partial charge in [-0.1, -0.05) is 17.8 Å². The monoisotopic (exact) mass is 345 g/mol. The van der Waals surface area contributed by atoms with Gasteiger partial charge in [0.2, 0.25) is 0 Å². The van der Waals surface area contributed by atoms with E-state index in [-0.39, 0.29) is 88.3 Å². The van der Waals surface area contributed by atoms with Crippen LogP contribution in [-0.4, -0.2) is 33.9 Å². The number of aliphatic carboxylic acids is 2. The number of rotatable bonds is 5. The summed E-state index contributed by atoms with van der Waals surface area (Å²) in [7, 11) is 0. The molecule has 0 aromatic carbocycles. The third-order valence-electron chi connectivity index (χ3n) is 2.66. The maximum atomic E-state index is 11.7. The molecule has 2 aliphatic rings. The summed E-state index contributed by atoms with van der Waals surface area (Å²) in [5.41, 5.74) is 0.396. The summed E-state index contributed by atoms with van der Waals surface area (Å²) >= 11 is 2.32. The average molecular weight is 345 g/mol. The third-order valence-corrected chi connectivity index (χ3v) is 5.26. The molecule has 102 valence electrons.